The van der Waals surface area contributed by atoms with E-state index in [9.17, 15) is 0 Å². The van der Waals surface area contributed by atoms with Gasteiger partial charge in [-0.15, -0.1) is 0 Å². The second-order valence-corrected chi connectivity index (χ2v) is 22.7. The van der Waals surface area contributed by atoms with Crippen LogP contribution >= 0.6 is 0 Å². The molecule has 0 fully saturated rings. The molecule has 3 rings (SSSR count). The van der Waals surface area contributed by atoms with E-state index in [0.717, 1.165) is 39.5 Å². The van der Waals surface area contributed by atoms with Gasteiger partial charge in [0, 0.05) is 52.5 Å². The molecule has 0 aliphatic carbocycles. The van der Waals surface area contributed by atoms with Crippen molar-refractivity contribution in [3.63, 3.8) is 0 Å². The van der Waals surface area contributed by atoms with Crippen LogP contribution in [-0.2, 0) is 18.9 Å². The van der Waals surface area contributed by atoms with Crippen LogP contribution < -0.4 is 9.47 Å². The van der Waals surface area contributed by atoms with Crippen LogP contribution in [0.25, 0.3) is 22.0 Å². The molecule has 0 saturated heterocycles. The Hall–Kier alpha value is -2.22. The fourth-order valence-electron chi connectivity index (χ4n) is 4.39. The standard InChI is InChI=1S/C29H46N2O6Si2/c1-11-36-29(39(8,9)10)31-25-18-21(12-14-24(25)27(30-31)28(33-3)34-4)23-15-13-22(19-26(23)32-2)37-20-35-16-17-38(5,6)7/h12-15,18-19,28-29H,11,16-17,20H2,1-10H3. The van der Waals surface area contributed by atoms with Crippen molar-refractivity contribution in [2.75, 3.05) is 41.3 Å². The highest BCUT2D eigenvalue weighted by Gasteiger charge is 2.33. The minimum Gasteiger partial charge on any atom is -0.496 e. The molecule has 8 nitrogen and oxygen atoms in total. The molecule has 1 atom stereocenters. The minimum absolute atomic E-state index is 0.151. The van der Waals surface area contributed by atoms with Crippen molar-refractivity contribution in [1.29, 1.82) is 0 Å². The maximum atomic E-state index is 6.27. The highest BCUT2D eigenvalue weighted by molar-refractivity contribution is 6.76. The number of benzene rings is 2. The molecule has 10 heteroatoms. The van der Waals surface area contributed by atoms with E-state index in [2.05, 4.69) is 57.5 Å². The summed E-state index contributed by atoms with van der Waals surface area (Å²) in [5.74, 6) is 1.27. The smallest absolute Gasteiger partial charge is 0.203 e. The first-order chi connectivity index (χ1) is 18.4. The molecule has 1 heterocycles. The number of nitrogens with zero attached hydrogens (tertiary/aromatic N) is 2. The number of fused-ring (bicyclic) bond motifs is 1. The molecular weight excluding hydrogens is 528 g/mol. The van der Waals surface area contributed by atoms with E-state index in [1.165, 1.54) is 0 Å². The summed E-state index contributed by atoms with van der Waals surface area (Å²) >= 11 is 0. The predicted octanol–water partition coefficient (Wildman–Crippen LogP) is 7.11. The van der Waals surface area contributed by atoms with Crippen LogP contribution in [0.2, 0.25) is 45.3 Å². The van der Waals surface area contributed by atoms with Gasteiger partial charge in [-0.2, -0.15) is 5.10 Å². The molecule has 1 aromatic heterocycles. The molecule has 0 aliphatic rings. The molecule has 2 aromatic carbocycles. The van der Waals surface area contributed by atoms with Crippen molar-refractivity contribution < 1.29 is 28.4 Å². The summed E-state index contributed by atoms with van der Waals surface area (Å²) in [5, 5.41) is 5.95. The largest absolute Gasteiger partial charge is 0.496 e. The van der Waals surface area contributed by atoms with Crippen molar-refractivity contribution in [3.05, 3.63) is 42.1 Å². The third-order valence-electron chi connectivity index (χ3n) is 6.46. The molecule has 0 saturated carbocycles. The van der Waals surface area contributed by atoms with Crippen LogP contribution in [0.3, 0.4) is 0 Å². The van der Waals surface area contributed by atoms with E-state index in [1.807, 2.05) is 29.8 Å². The number of hydrogen-bond acceptors (Lipinski definition) is 7. The molecule has 0 bridgehead atoms. The minimum atomic E-state index is -1.81. The molecule has 39 heavy (non-hydrogen) atoms. The zero-order valence-corrected chi connectivity index (χ0v) is 27.3. The Kier molecular flexibility index (Phi) is 10.8. The number of hydrogen-bond donors (Lipinski definition) is 0. The van der Waals surface area contributed by atoms with Crippen LogP contribution in [0.5, 0.6) is 11.5 Å². The van der Waals surface area contributed by atoms with E-state index in [-0.39, 0.29) is 12.6 Å². The Morgan fingerprint density at radius 2 is 1.64 bits per heavy atom. The van der Waals surface area contributed by atoms with Gasteiger partial charge in [0.05, 0.1) is 12.6 Å². The van der Waals surface area contributed by atoms with E-state index in [1.54, 1.807) is 21.3 Å². The van der Waals surface area contributed by atoms with Gasteiger partial charge >= 0.3 is 0 Å². The van der Waals surface area contributed by atoms with Gasteiger partial charge in [0.25, 0.3) is 0 Å². The third kappa shape index (κ3) is 7.93. The van der Waals surface area contributed by atoms with Gasteiger partial charge in [0.15, 0.2) is 6.79 Å². The van der Waals surface area contributed by atoms with Gasteiger partial charge in [0.1, 0.15) is 31.1 Å². The molecule has 0 aliphatic heterocycles. The average molecular weight is 575 g/mol. The highest BCUT2D eigenvalue weighted by atomic mass is 28.3. The molecule has 3 aromatic rings. The second-order valence-electron chi connectivity index (χ2n) is 11.9. The number of methoxy groups -OCH3 is 3. The molecular formula is C29H46N2O6Si2. The van der Waals surface area contributed by atoms with E-state index in [4.69, 9.17) is 33.5 Å². The Balaban J connectivity index is 1.99. The summed E-state index contributed by atoms with van der Waals surface area (Å²) < 4.78 is 36.8. The summed E-state index contributed by atoms with van der Waals surface area (Å²) in [7, 11) is 1.98. The lowest BCUT2D eigenvalue weighted by Crippen LogP contribution is -2.38. The Morgan fingerprint density at radius 1 is 0.923 bits per heavy atom. The van der Waals surface area contributed by atoms with Gasteiger partial charge in [-0.25, -0.2) is 4.68 Å². The maximum Gasteiger partial charge on any atom is 0.203 e. The molecule has 0 radical (unpaired) electrons. The number of ether oxygens (including phenoxy) is 6. The lowest BCUT2D eigenvalue weighted by atomic mass is 10.0. The second kappa shape index (κ2) is 13.4. The van der Waals surface area contributed by atoms with Crippen LogP contribution in [0.1, 0.15) is 24.8 Å². The van der Waals surface area contributed by atoms with Gasteiger partial charge in [-0.1, -0.05) is 51.4 Å². The molecule has 0 spiro atoms. The molecule has 0 amide bonds. The average Bonchev–Trinajstić information content (AvgIpc) is 3.24. The highest BCUT2D eigenvalue weighted by Crippen LogP contribution is 2.38. The summed E-state index contributed by atoms with van der Waals surface area (Å²) in [6, 6.07) is 13.3. The zero-order chi connectivity index (χ0) is 28.8. The first-order valence-corrected chi connectivity index (χ1v) is 20.8. The lowest BCUT2D eigenvalue weighted by Gasteiger charge is -2.29. The van der Waals surface area contributed by atoms with Crippen molar-refractivity contribution in [2.24, 2.45) is 0 Å². The molecule has 1 unspecified atom stereocenters. The van der Waals surface area contributed by atoms with Gasteiger partial charge < -0.3 is 28.4 Å². The van der Waals surface area contributed by atoms with Crippen molar-refractivity contribution in [2.45, 2.75) is 64.4 Å². The van der Waals surface area contributed by atoms with Crippen LogP contribution in [0.15, 0.2) is 36.4 Å². The topological polar surface area (TPSA) is 73.2 Å². The Bertz CT molecular complexity index is 1210. The van der Waals surface area contributed by atoms with E-state index >= 15 is 0 Å². The fourth-order valence-corrected chi connectivity index (χ4v) is 6.75. The number of rotatable bonds is 15. The first-order valence-electron chi connectivity index (χ1n) is 13.5. The zero-order valence-electron chi connectivity index (χ0n) is 25.3. The molecule has 0 N–H and O–H groups in total. The van der Waals surface area contributed by atoms with Crippen molar-refractivity contribution in [1.82, 2.24) is 9.78 Å². The first kappa shape index (κ1) is 31.3. The SMILES string of the molecule is CCOC(n1nc(C(OC)OC)c2ccc(-c3ccc(OCOCC[Si](C)(C)C)cc3OC)cc21)[Si](C)(C)C. The van der Waals surface area contributed by atoms with Gasteiger partial charge in [0.2, 0.25) is 6.29 Å². The Labute approximate surface area is 235 Å². The van der Waals surface area contributed by atoms with Crippen LogP contribution in [0.4, 0.5) is 0 Å². The number of aromatic nitrogens is 2. The van der Waals surface area contributed by atoms with Gasteiger partial charge in [-0.05, 0) is 36.7 Å². The van der Waals surface area contributed by atoms with E-state index in [0.29, 0.717) is 19.0 Å². The summed E-state index contributed by atoms with van der Waals surface area (Å²) in [5.41, 5.74) is 3.65. The fraction of sp³-hybridized carbons (Fsp3) is 0.552. The molecule has 216 valence electrons. The third-order valence-corrected chi connectivity index (χ3v) is 10.1. The summed E-state index contributed by atoms with van der Waals surface area (Å²) in [6.45, 7) is 17.4. The monoisotopic (exact) mass is 574 g/mol. The summed E-state index contributed by atoms with van der Waals surface area (Å²) in [4.78, 5) is 0. The normalized spacial score (nSPS) is 13.3. The quantitative estimate of drug-likeness (QED) is 0.109. The lowest BCUT2D eigenvalue weighted by molar-refractivity contribution is -0.108. The summed E-state index contributed by atoms with van der Waals surface area (Å²) in [6.07, 6.45) is -0.581. The van der Waals surface area contributed by atoms with E-state index < -0.39 is 22.4 Å². The van der Waals surface area contributed by atoms with Crippen LogP contribution in [0, 0.1) is 0 Å². The van der Waals surface area contributed by atoms with Gasteiger partial charge in [-0.3, -0.25) is 0 Å². The maximum absolute atomic E-state index is 6.27. The van der Waals surface area contributed by atoms with Crippen LogP contribution in [-0.4, -0.2) is 67.3 Å². The Morgan fingerprint density at radius 3 is 2.23 bits per heavy atom. The predicted molar refractivity (Wildman–Crippen MR) is 162 cm³/mol. The van der Waals surface area contributed by atoms with Crippen molar-refractivity contribution in [3.8, 4) is 22.6 Å². The van der Waals surface area contributed by atoms with Crippen molar-refractivity contribution >= 4 is 27.1 Å².